The number of hydrogen-bond donors (Lipinski definition) is 2. The molecule has 2 N–H and O–H groups in total. The quantitative estimate of drug-likeness (QED) is 0.893. The largest absolute Gasteiger partial charge is 0.444 e. The number of rotatable bonds is 3. The molecule has 0 aromatic carbocycles. The Bertz CT molecular complexity index is 608. The van der Waals surface area contributed by atoms with Crippen LogP contribution in [0.2, 0.25) is 0 Å². The predicted molar refractivity (Wildman–Crippen MR) is 72.2 cm³/mol. The second-order valence-electron chi connectivity index (χ2n) is 5.76. The van der Waals surface area contributed by atoms with Gasteiger partial charge in [0.05, 0.1) is 6.20 Å². The monoisotopic (exact) mass is 277 g/mol. The first kappa shape index (κ1) is 14.2. The van der Waals surface area contributed by atoms with Crippen molar-refractivity contribution in [2.24, 2.45) is 0 Å². The van der Waals surface area contributed by atoms with Crippen molar-refractivity contribution in [3.8, 4) is 0 Å². The number of hydrogen-bond acceptors (Lipinski definition) is 5. The number of carbonyl (C=O) groups excluding carboxylic acids is 1. The highest BCUT2D eigenvalue weighted by Crippen LogP contribution is 2.17. The Morgan fingerprint density at radius 1 is 1.45 bits per heavy atom. The smallest absolute Gasteiger partial charge is 0.291 e. The van der Waals surface area contributed by atoms with Crippen LogP contribution in [0.4, 0.5) is 0 Å². The van der Waals surface area contributed by atoms with Crippen LogP contribution in [0.25, 0.3) is 0 Å². The zero-order chi connectivity index (χ0) is 14.9. The number of amides is 1. The minimum Gasteiger partial charge on any atom is -0.444 e. The summed E-state index contributed by atoms with van der Waals surface area (Å²) in [5.41, 5.74) is -0.184. The van der Waals surface area contributed by atoms with Crippen LogP contribution >= 0.6 is 0 Å². The van der Waals surface area contributed by atoms with Gasteiger partial charge in [-0.1, -0.05) is 20.8 Å². The van der Waals surface area contributed by atoms with Gasteiger partial charge in [-0.25, -0.2) is 9.97 Å². The summed E-state index contributed by atoms with van der Waals surface area (Å²) < 4.78 is 5.37. The van der Waals surface area contributed by atoms with Crippen LogP contribution < -0.4 is 5.32 Å². The maximum Gasteiger partial charge on any atom is 0.291 e. The average Bonchev–Trinajstić information content (AvgIpc) is 2.95. The van der Waals surface area contributed by atoms with Crippen molar-refractivity contribution < 1.29 is 9.21 Å². The normalized spacial score (nSPS) is 13.2. The molecule has 2 rings (SSSR count). The summed E-state index contributed by atoms with van der Waals surface area (Å²) in [5, 5.41) is 9.47. The molecule has 7 nitrogen and oxygen atoms in total. The molecule has 0 saturated carbocycles. The maximum atomic E-state index is 12.0. The zero-order valence-corrected chi connectivity index (χ0v) is 12.3. The van der Waals surface area contributed by atoms with Crippen molar-refractivity contribution in [3.05, 3.63) is 29.5 Å². The highest BCUT2D eigenvalue weighted by Gasteiger charge is 2.23. The molecule has 20 heavy (non-hydrogen) atoms. The van der Waals surface area contributed by atoms with Gasteiger partial charge in [0.2, 0.25) is 11.7 Å². The highest BCUT2D eigenvalue weighted by atomic mass is 16.4. The lowest BCUT2D eigenvalue weighted by molar-refractivity contribution is 0.0923. The minimum atomic E-state index is -0.361. The van der Waals surface area contributed by atoms with E-state index in [1.165, 1.54) is 0 Å². The lowest BCUT2D eigenvalue weighted by Crippen LogP contribution is -2.28. The predicted octanol–water partition coefficient (Wildman–Crippen LogP) is 1.89. The highest BCUT2D eigenvalue weighted by molar-refractivity contribution is 5.90. The van der Waals surface area contributed by atoms with Crippen LogP contribution in [0.3, 0.4) is 0 Å². The number of nitrogens with zero attached hydrogens (tertiary/aromatic N) is 3. The molecule has 0 spiro atoms. The van der Waals surface area contributed by atoms with Crippen molar-refractivity contribution in [1.29, 1.82) is 0 Å². The molecule has 108 valence electrons. The third-order valence-corrected chi connectivity index (χ3v) is 2.76. The van der Waals surface area contributed by atoms with Gasteiger partial charge in [-0.2, -0.15) is 0 Å². The fourth-order valence-electron chi connectivity index (χ4n) is 1.59. The van der Waals surface area contributed by atoms with E-state index in [-0.39, 0.29) is 23.2 Å². The van der Waals surface area contributed by atoms with Crippen LogP contribution in [0.5, 0.6) is 0 Å². The van der Waals surface area contributed by atoms with Gasteiger partial charge >= 0.3 is 0 Å². The van der Waals surface area contributed by atoms with E-state index in [1.807, 2.05) is 20.8 Å². The van der Waals surface area contributed by atoms with E-state index in [0.717, 1.165) is 0 Å². The van der Waals surface area contributed by atoms with Crippen molar-refractivity contribution in [1.82, 2.24) is 25.5 Å². The van der Waals surface area contributed by atoms with Crippen molar-refractivity contribution in [2.75, 3.05) is 0 Å². The molecule has 2 aromatic rings. The van der Waals surface area contributed by atoms with Crippen molar-refractivity contribution in [2.45, 2.75) is 46.1 Å². The van der Waals surface area contributed by atoms with Crippen molar-refractivity contribution in [3.63, 3.8) is 0 Å². The van der Waals surface area contributed by atoms with E-state index in [2.05, 4.69) is 25.5 Å². The Kier molecular flexibility index (Phi) is 3.61. The third-order valence-electron chi connectivity index (χ3n) is 2.76. The lowest BCUT2D eigenvalue weighted by atomic mass is 9.96. The molecule has 1 amide bonds. The number of H-pyrrole nitrogens is 1. The molecule has 0 aliphatic heterocycles. The number of oxazole rings is 1. The molecule has 0 aliphatic carbocycles. The van der Waals surface area contributed by atoms with Gasteiger partial charge in [-0.05, 0) is 13.8 Å². The van der Waals surface area contributed by atoms with E-state index in [4.69, 9.17) is 4.42 Å². The lowest BCUT2D eigenvalue weighted by Gasteiger charge is -2.13. The second kappa shape index (κ2) is 5.07. The van der Waals surface area contributed by atoms with Crippen LogP contribution in [0.15, 0.2) is 10.6 Å². The summed E-state index contributed by atoms with van der Waals surface area (Å²) in [5.74, 6) is 1.59. The summed E-state index contributed by atoms with van der Waals surface area (Å²) >= 11 is 0. The molecule has 7 heteroatoms. The van der Waals surface area contributed by atoms with Crippen molar-refractivity contribution >= 4 is 5.91 Å². The topological polar surface area (TPSA) is 96.7 Å². The zero-order valence-electron chi connectivity index (χ0n) is 12.3. The van der Waals surface area contributed by atoms with Crippen LogP contribution in [0, 0.1) is 6.92 Å². The Hall–Kier alpha value is -2.18. The van der Waals surface area contributed by atoms with Gasteiger partial charge in [0.1, 0.15) is 17.6 Å². The number of carbonyl (C=O) groups is 1. The van der Waals surface area contributed by atoms with Gasteiger partial charge in [0.15, 0.2) is 0 Å². The SMILES string of the molecule is Cc1cnc(C(C)NC(=O)c2n[nH]c(C(C)(C)C)n2)o1. The summed E-state index contributed by atoms with van der Waals surface area (Å²) in [7, 11) is 0. The summed E-state index contributed by atoms with van der Waals surface area (Å²) in [6, 6.07) is -0.340. The van der Waals surface area contributed by atoms with Gasteiger partial charge < -0.3 is 9.73 Å². The second-order valence-corrected chi connectivity index (χ2v) is 5.76. The average molecular weight is 277 g/mol. The Labute approximate surface area is 117 Å². The number of aromatic amines is 1. The number of aromatic nitrogens is 4. The molecule has 0 fully saturated rings. The van der Waals surface area contributed by atoms with E-state index in [9.17, 15) is 4.79 Å². The van der Waals surface area contributed by atoms with Crippen LogP contribution in [0.1, 0.15) is 61.8 Å². The van der Waals surface area contributed by atoms with Crippen LogP contribution in [-0.4, -0.2) is 26.1 Å². The third kappa shape index (κ3) is 3.04. The molecule has 0 saturated heterocycles. The molecular weight excluding hydrogens is 258 g/mol. The maximum absolute atomic E-state index is 12.0. The van der Waals surface area contributed by atoms with E-state index in [1.54, 1.807) is 20.0 Å². The molecule has 0 aliphatic rings. The molecule has 0 bridgehead atoms. The van der Waals surface area contributed by atoms with E-state index >= 15 is 0 Å². The van der Waals surface area contributed by atoms with Crippen LogP contribution in [-0.2, 0) is 5.41 Å². The Balaban J connectivity index is 2.07. The standard InChI is InChI=1S/C13H19N5O2/c1-7-6-14-11(20-7)8(2)15-10(19)9-16-12(18-17-9)13(3,4)5/h6,8H,1-5H3,(H,15,19)(H,16,17,18). The first-order valence-corrected chi connectivity index (χ1v) is 6.43. The van der Waals surface area contributed by atoms with Gasteiger partial charge in [0, 0.05) is 5.41 Å². The first-order valence-electron chi connectivity index (χ1n) is 6.43. The van der Waals surface area contributed by atoms with Gasteiger partial charge in [0.25, 0.3) is 5.91 Å². The fraction of sp³-hybridized carbons (Fsp3) is 0.538. The van der Waals surface area contributed by atoms with E-state index < -0.39 is 0 Å². The van der Waals surface area contributed by atoms with E-state index in [0.29, 0.717) is 17.5 Å². The first-order chi connectivity index (χ1) is 9.27. The number of nitrogens with one attached hydrogen (secondary N) is 2. The number of aryl methyl sites for hydroxylation is 1. The molecule has 1 unspecified atom stereocenters. The molecular formula is C13H19N5O2. The minimum absolute atomic E-state index is 0.116. The Morgan fingerprint density at radius 2 is 2.15 bits per heavy atom. The molecule has 2 heterocycles. The molecule has 1 atom stereocenters. The Morgan fingerprint density at radius 3 is 2.65 bits per heavy atom. The fourth-order valence-corrected chi connectivity index (χ4v) is 1.59. The molecule has 0 radical (unpaired) electrons. The molecule has 2 aromatic heterocycles. The summed E-state index contributed by atoms with van der Waals surface area (Å²) in [6.07, 6.45) is 1.61. The van der Waals surface area contributed by atoms with Gasteiger partial charge in [-0.15, -0.1) is 5.10 Å². The summed E-state index contributed by atoms with van der Waals surface area (Å²) in [4.78, 5) is 20.3. The summed E-state index contributed by atoms with van der Waals surface area (Å²) in [6.45, 7) is 9.57. The van der Waals surface area contributed by atoms with Gasteiger partial charge in [-0.3, -0.25) is 9.89 Å².